The lowest BCUT2D eigenvalue weighted by Crippen LogP contribution is -2.31. The Morgan fingerprint density at radius 2 is 2.14 bits per heavy atom. The fourth-order valence-electron chi connectivity index (χ4n) is 2.07. The minimum absolute atomic E-state index is 0.299. The van der Waals surface area contributed by atoms with E-state index in [-0.39, 0.29) is 0 Å². The number of carbonyl (C=O) groups is 1. The maximum Gasteiger partial charge on any atom is 0.303 e. The zero-order chi connectivity index (χ0) is 10.4. The largest absolute Gasteiger partial charge is 0.481 e. The summed E-state index contributed by atoms with van der Waals surface area (Å²) >= 11 is 0. The number of aliphatic carboxylic acids is 1. The molecule has 0 amide bonds. The van der Waals surface area contributed by atoms with Crippen molar-refractivity contribution in [2.24, 2.45) is 5.92 Å². The van der Waals surface area contributed by atoms with E-state index in [0.29, 0.717) is 18.4 Å². The fourth-order valence-corrected chi connectivity index (χ4v) is 2.07. The molecule has 82 valence electrons. The van der Waals surface area contributed by atoms with Gasteiger partial charge in [0.25, 0.3) is 0 Å². The second-order valence-electron chi connectivity index (χ2n) is 4.26. The highest BCUT2D eigenvalue weighted by molar-refractivity contribution is 5.67. The minimum atomic E-state index is -0.676. The van der Waals surface area contributed by atoms with Crippen molar-refractivity contribution in [3.05, 3.63) is 0 Å². The van der Waals surface area contributed by atoms with E-state index in [4.69, 9.17) is 5.11 Å². The van der Waals surface area contributed by atoms with E-state index in [2.05, 4.69) is 12.2 Å². The van der Waals surface area contributed by atoms with Crippen LogP contribution in [0.15, 0.2) is 0 Å². The number of nitrogens with one attached hydrogen (secondary N) is 1. The average molecular weight is 199 g/mol. The maximum absolute atomic E-state index is 10.5. The molecule has 0 saturated heterocycles. The molecule has 1 rings (SSSR count). The van der Waals surface area contributed by atoms with Crippen molar-refractivity contribution in [1.29, 1.82) is 0 Å². The van der Waals surface area contributed by atoms with Gasteiger partial charge >= 0.3 is 5.97 Å². The predicted molar refractivity (Wildman–Crippen MR) is 56.3 cm³/mol. The first-order valence-corrected chi connectivity index (χ1v) is 5.67. The van der Waals surface area contributed by atoms with Crippen molar-refractivity contribution in [1.82, 2.24) is 5.32 Å². The third-order valence-electron chi connectivity index (χ3n) is 3.09. The fraction of sp³-hybridized carbons (Fsp3) is 0.909. The first-order valence-electron chi connectivity index (χ1n) is 5.67. The van der Waals surface area contributed by atoms with Gasteiger partial charge in [0.1, 0.15) is 0 Å². The van der Waals surface area contributed by atoms with Gasteiger partial charge in [-0.1, -0.05) is 26.2 Å². The summed E-state index contributed by atoms with van der Waals surface area (Å²) in [5, 5.41) is 12.2. The molecule has 1 fully saturated rings. The number of hydrogen-bond acceptors (Lipinski definition) is 2. The smallest absolute Gasteiger partial charge is 0.303 e. The third kappa shape index (κ3) is 4.09. The van der Waals surface area contributed by atoms with E-state index in [1.807, 2.05) is 0 Å². The van der Waals surface area contributed by atoms with Crippen LogP contribution < -0.4 is 5.32 Å². The normalized spacial score (nSPS) is 19.8. The Kier molecular flexibility index (Phi) is 4.94. The molecule has 1 atom stereocenters. The zero-order valence-electron chi connectivity index (χ0n) is 8.96. The standard InChI is InChI=1S/C11H21NO2/c1-2-9(7-11(13)14)8-12-10-5-3-4-6-10/h9-10,12H,2-8H2,1H3,(H,13,14). The third-order valence-corrected chi connectivity index (χ3v) is 3.09. The topological polar surface area (TPSA) is 49.3 Å². The Morgan fingerprint density at radius 3 is 2.64 bits per heavy atom. The van der Waals surface area contributed by atoms with Crippen molar-refractivity contribution in [3.8, 4) is 0 Å². The summed E-state index contributed by atoms with van der Waals surface area (Å²) < 4.78 is 0. The first-order chi connectivity index (χ1) is 6.72. The molecule has 1 unspecified atom stereocenters. The second-order valence-corrected chi connectivity index (χ2v) is 4.26. The molecule has 1 aliphatic rings. The van der Waals surface area contributed by atoms with Gasteiger partial charge in [0.2, 0.25) is 0 Å². The van der Waals surface area contributed by atoms with E-state index >= 15 is 0 Å². The van der Waals surface area contributed by atoms with E-state index in [0.717, 1.165) is 13.0 Å². The Bertz CT molecular complexity index is 176. The summed E-state index contributed by atoms with van der Waals surface area (Å²) in [6, 6.07) is 0.651. The van der Waals surface area contributed by atoms with Gasteiger partial charge in [-0.3, -0.25) is 4.79 Å². The molecular formula is C11H21NO2. The molecule has 3 nitrogen and oxygen atoms in total. The van der Waals surface area contributed by atoms with Crippen molar-refractivity contribution in [3.63, 3.8) is 0 Å². The number of hydrogen-bond donors (Lipinski definition) is 2. The molecule has 0 radical (unpaired) electrons. The molecule has 14 heavy (non-hydrogen) atoms. The minimum Gasteiger partial charge on any atom is -0.481 e. The van der Waals surface area contributed by atoms with Crippen LogP contribution in [0.5, 0.6) is 0 Å². The maximum atomic E-state index is 10.5. The predicted octanol–water partition coefficient (Wildman–Crippen LogP) is 2.02. The number of carboxylic acids is 1. The first kappa shape index (κ1) is 11.5. The van der Waals surface area contributed by atoms with Crippen LogP contribution in [0.3, 0.4) is 0 Å². The van der Waals surface area contributed by atoms with E-state index in [1.54, 1.807) is 0 Å². The highest BCUT2D eigenvalue weighted by Crippen LogP contribution is 2.18. The Labute approximate surface area is 85.9 Å². The molecule has 2 N–H and O–H groups in total. The Morgan fingerprint density at radius 1 is 1.50 bits per heavy atom. The van der Waals surface area contributed by atoms with Crippen LogP contribution >= 0.6 is 0 Å². The van der Waals surface area contributed by atoms with Crippen LogP contribution in [0.2, 0.25) is 0 Å². The number of carboxylic acid groups (broad SMARTS) is 1. The van der Waals surface area contributed by atoms with Gasteiger partial charge in [0, 0.05) is 12.5 Å². The quantitative estimate of drug-likeness (QED) is 0.688. The summed E-state index contributed by atoms with van der Waals surface area (Å²) in [4.78, 5) is 10.5. The van der Waals surface area contributed by atoms with Gasteiger partial charge in [-0.05, 0) is 25.3 Å². The molecular weight excluding hydrogens is 178 g/mol. The molecule has 0 heterocycles. The molecule has 0 aromatic carbocycles. The lowest BCUT2D eigenvalue weighted by atomic mass is 10.0. The van der Waals surface area contributed by atoms with Gasteiger partial charge < -0.3 is 10.4 Å². The van der Waals surface area contributed by atoms with Crippen LogP contribution in [-0.2, 0) is 4.79 Å². The molecule has 1 aliphatic carbocycles. The summed E-state index contributed by atoms with van der Waals surface area (Å²) in [5.74, 6) is -0.377. The van der Waals surface area contributed by atoms with Crippen LogP contribution in [0, 0.1) is 5.92 Å². The van der Waals surface area contributed by atoms with Gasteiger partial charge in [0.05, 0.1) is 0 Å². The molecule has 0 aromatic heterocycles. The summed E-state index contributed by atoms with van der Waals surface area (Å²) in [7, 11) is 0. The van der Waals surface area contributed by atoms with Gasteiger partial charge in [-0.25, -0.2) is 0 Å². The van der Waals surface area contributed by atoms with Crippen molar-refractivity contribution >= 4 is 5.97 Å². The second kappa shape index (κ2) is 6.02. The summed E-state index contributed by atoms with van der Waals surface area (Å²) in [6.45, 7) is 2.93. The van der Waals surface area contributed by atoms with Crippen LogP contribution in [0.1, 0.15) is 45.4 Å². The lowest BCUT2D eigenvalue weighted by molar-refractivity contribution is -0.138. The molecule has 0 aromatic rings. The van der Waals surface area contributed by atoms with Gasteiger partial charge in [-0.2, -0.15) is 0 Å². The van der Waals surface area contributed by atoms with Crippen molar-refractivity contribution in [2.45, 2.75) is 51.5 Å². The van der Waals surface area contributed by atoms with Crippen LogP contribution in [-0.4, -0.2) is 23.7 Å². The van der Waals surface area contributed by atoms with Crippen LogP contribution in [0.25, 0.3) is 0 Å². The van der Waals surface area contributed by atoms with E-state index in [1.165, 1.54) is 25.7 Å². The molecule has 0 aliphatic heterocycles. The average Bonchev–Trinajstić information content (AvgIpc) is 2.64. The van der Waals surface area contributed by atoms with E-state index < -0.39 is 5.97 Å². The summed E-state index contributed by atoms with van der Waals surface area (Å²) in [5.41, 5.74) is 0. The van der Waals surface area contributed by atoms with Crippen molar-refractivity contribution < 1.29 is 9.90 Å². The monoisotopic (exact) mass is 199 g/mol. The van der Waals surface area contributed by atoms with Crippen LogP contribution in [0.4, 0.5) is 0 Å². The highest BCUT2D eigenvalue weighted by Gasteiger charge is 2.17. The molecule has 0 spiro atoms. The number of rotatable bonds is 6. The lowest BCUT2D eigenvalue weighted by Gasteiger charge is -2.17. The Balaban J connectivity index is 2.15. The molecule has 0 bridgehead atoms. The van der Waals surface area contributed by atoms with Gasteiger partial charge in [-0.15, -0.1) is 0 Å². The zero-order valence-corrected chi connectivity index (χ0v) is 8.96. The SMILES string of the molecule is CCC(CNC1CCCC1)CC(=O)O. The molecule has 1 saturated carbocycles. The van der Waals surface area contributed by atoms with Gasteiger partial charge in [0.15, 0.2) is 0 Å². The Hall–Kier alpha value is -0.570. The van der Waals surface area contributed by atoms with E-state index in [9.17, 15) is 4.79 Å². The van der Waals surface area contributed by atoms with Crippen molar-refractivity contribution in [2.75, 3.05) is 6.54 Å². The summed E-state index contributed by atoms with van der Waals surface area (Å²) in [6.07, 6.45) is 6.44. The highest BCUT2D eigenvalue weighted by atomic mass is 16.4. The molecule has 3 heteroatoms.